The molecule has 1 aromatic heterocycles. The molecule has 1 aliphatic rings. The van der Waals surface area contributed by atoms with Crippen LogP contribution in [-0.4, -0.2) is 40.3 Å². The summed E-state index contributed by atoms with van der Waals surface area (Å²) in [5.74, 6) is 1.12. The van der Waals surface area contributed by atoms with Crippen molar-refractivity contribution in [2.45, 2.75) is 51.1 Å². The van der Waals surface area contributed by atoms with Crippen molar-refractivity contribution in [1.82, 2.24) is 14.7 Å². The standard InChI is InChI=1S/C20H27N3O2/c1-25-19-8-4-6-17(16-19)9-10-20(24)23-14-3-2-7-18(23)11-15-22-13-5-12-21-22/h4-6,8,12-13,16,18H,2-3,7,9-11,14-15H2,1H3/t18-/m0/s1. The molecule has 1 aromatic carbocycles. The summed E-state index contributed by atoms with van der Waals surface area (Å²) in [4.78, 5) is 14.9. The van der Waals surface area contributed by atoms with Crippen LogP contribution in [0.4, 0.5) is 0 Å². The zero-order chi connectivity index (χ0) is 17.5. The molecule has 0 unspecified atom stereocenters. The molecule has 2 aromatic rings. The van der Waals surface area contributed by atoms with Gasteiger partial charge in [0.25, 0.3) is 0 Å². The van der Waals surface area contributed by atoms with Gasteiger partial charge in [-0.1, -0.05) is 12.1 Å². The number of ether oxygens (including phenoxy) is 1. The van der Waals surface area contributed by atoms with Gasteiger partial charge in [-0.25, -0.2) is 0 Å². The van der Waals surface area contributed by atoms with Crippen LogP contribution in [0.3, 0.4) is 0 Å². The second-order valence-electron chi connectivity index (χ2n) is 6.65. The third-order valence-corrected chi connectivity index (χ3v) is 4.96. The van der Waals surface area contributed by atoms with E-state index in [0.717, 1.165) is 50.1 Å². The normalized spacial score (nSPS) is 17.5. The first kappa shape index (κ1) is 17.5. The number of benzene rings is 1. The molecular formula is C20H27N3O2. The maximum atomic E-state index is 12.8. The van der Waals surface area contributed by atoms with Crippen LogP contribution in [0.5, 0.6) is 5.75 Å². The summed E-state index contributed by atoms with van der Waals surface area (Å²) >= 11 is 0. The molecule has 5 heteroatoms. The SMILES string of the molecule is COc1cccc(CCC(=O)N2CCCC[C@H]2CCn2cccn2)c1. The van der Waals surface area contributed by atoms with Gasteiger partial charge >= 0.3 is 0 Å². The minimum Gasteiger partial charge on any atom is -0.497 e. The summed E-state index contributed by atoms with van der Waals surface area (Å²) in [6, 6.07) is 10.3. The van der Waals surface area contributed by atoms with Gasteiger partial charge in [0.05, 0.1) is 7.11 Å². The molecule has 0 N–H and O–H groups in total. The maximum absolute atomic E-state index is 12.8. The molecule has 3 rings (SSSR count). The van der Waals surface area contributed by atoms with Gasteiger partial charge < -0.3 is 9.64 Å². The Morgan fingerprint density at radius 1 is 1.32 bits per heavy atom. The number of likely N-dealkylation sites (tertiary alicyclic amines) is 1. The number of carbonyl (C=O) groups is 1. The molecule has 1 amide bonds. The van der Waals surface area contributed by atoms with Gasteiger partial charge in [0.2, 0.25) is 5.91 Å². The number of methoxy groups -OCH3 is 1. The van der Waals surface area contributed by atoms with E-state index >= 15 is 0 Å². The number of aromatic nitrogens is 2. The Bertz CT molecular complexity index is 669. The fourth-order valence-electron chi connectivity index (χ4n) is 3.57. The Balaban J connectivity index is 1.54. The minimum absolute atomic E-state index is 0.271. The number of rotatable bonds is 7. The van der Waals surface area contributed by atoms with E-state index < -0.39 is 0 Å². The average Bonchev–Trinajstić information content (AvgIpc) is 3.18. The molecule has 134 valence electrons. The number of hydrogen-bond donors (Lipinski definition) is 0. The fourth-order valence-corrected chi connectivity index (χ4v) is 3.57. The van der Waals surface area contributed by atoms with Crippen LogP contribution >= 0.6 is 0 Å². The third kappa shape index (κ3) is 4.84. The van der Waals surface area contributed by atoms with E-state index in [1.54, 1.807) is 13.3 Å². The Morgan fingerprint density at radius 3 is 3.04 bits per heavy atom. The lowest BCUT2D eigenvalue weighted by Gasteiger charge is -2.36. The highest BCUT2D eigenvalue weighted by Gasteiger charge is 2.26. The average molecular weight is 341 g/mol. The van der Waals surface area contributed by atoms with Crippen molar-refractivity contribution in [2.75, 3.05) is 13.7 Å². The van der Waals surface area contributed by atoms with Crippen molar-refractivity contribution < 1.29 is 9.53 Å². The first-order chi connectivity index (χ1) is 12.3. The summed E-state index contributed by atoms with van der Waals surface area (Å²) in [6.45, 7) is 1.76. The van der Waals surface area contributed by atoms with Gasteiger partial charge in [-0.05, 0) is 55.9 Å². The molecule has 1 aliphatic heterocycles. The van der Waals surface area contributed by atoms with Crippen molar-refractivity contribution >= 4 is 5.91 Å². The molecule has 1 saturated heterocycles. The van der Waals surface area contributed by atoms with Crippen LogP contribution < -0.4 is 4.74 Å². The van der Waals surface area contributed by atoms with Gasteiger partial charge in [-0.15, -0.1) is 0 Å². The van der Waals surface area contributed by atoms with E-state index in [4.69, 9.17) is 4.74 Å². The molecule has 0 aliphatic carbocycles. The molecule has 0 radical (unpaired) electrons. The third-order valence-electron chi connectivity index (χ3n) is 4.96. The van der Waals surface area contributed by atoms with Crippen molar-refractivity contribution in [2.24, 2.45) is 0 Å². The lowest BCUT2D eigenvalue weighted by atomic mass is 9.98. The van der Waals surface area contributed by atoms with Crippen LogP contribution in [0.1, 0.15) is 37.7 Å². The molecule has 0 bridgehead atoms. The van der Waals surface area contributed by atoms with E-state index in [1.165, 1.54) is 6.42 Å². The zero-order valence-electron chi connectivity index (χ0n) is 14.9. The topological polar surface area (TPSA) is 47.4 Å². The molecule has 0 spiro atoms. The predicted molar refractivity (Wildman–Crippen MR) is 97.5 cm³/mol. The largest absolute Gasteiger partial charge is 0.497 e. The first-order valence-corrected chi connectivity index (χ1v) is 9.16. The van der Waals surface area contributed by atoms with Gasteiger partial charge in [-0.3, -0.25) is 9.48 Å². The van der Waals surface area contributed by atoms with Crippen molar-refractivity contribution in [3.63, 3.8) is 0 Å². The summed E-state index contributed by atoms with van der Waals surface area (Å²) in [5, 5.41) is 4.26. The van der Waals surface area contributed by atoms with Gasteiger partial charge in [0, 0.05) is 37.9 Å². The maximum Gasteiger partial charge on any atom is 0.223 e. The Kier molecular flexibility index (Phi) is 6.09. The molecule has 2 heterocycles. The summed E-state index contributed by atoms with van der Waals surface area (Å²) in [6.07, 6.45) is 9.52. The lowest BCUT2D eigenvalue weighted by molar-refractivity contribution is -0.135. The van der Waals surface area contributed by atoms with Crippen LogP contribution in [0.2, 0.25) is 0 Å². The van der Waals surface area contributed by atoms with E-state index in [9.17, 15) is 4.79 Å². The van der Waals surface area contributed by atoms with Crippen LogP contribution in [-0.2, 0) is 17.8 Å². The Hall–Kier alpha value is -2.30. The number of aryl methyl sites for hydroxylation is 2. The molecular weight excluding hydrogens is 314 g/mol. The highest BCUT2D eigenvalue weighted by molar-refractivity contribution is 5.77. The van der Waals surface area contributed by atoms with E-state index in [-0.39, 0.29) is 5.91 Å². The molecule has 0 saturated carbocycles. The fraction of sp³-hybridized carbons (Fsp3) is 0.500. The van der Waals surface area contributed by atoms with Gasteiger partial charge in [-0.2, -0.15) is 5.10 Å². The van der Waals surface area contributed by atoms with Gasteiger partial charge in [0.1, 0.15) is 5.75 Å². The second-order valence-corrected chi connectivity index (χ2v) is 6.65. The molecule has 1 fully saturated rings. The summed E-state index contributed by atoms with van der Waals surface area (Å²) in [5.41, 5.74) is 1.15. The summed E-state index contributed by atoms with van der Waals surface area (Å²) < 4.78 is 7.21. The minimum atomic E-state index is 0.271. The first-order valence-electron chi connectivity index (χ1n) is 9.16. The lowest BCUT2D eigenvalue weighted by Crippen LogP contribution is -2.44. The number of piperidine rings is 1. The smallest absolute Gasteiger partial charge is 0.223 e. The monoisotopic (exact) mass is 341 g/mol. The highest BCUT2D eigenvalue weighted by Crippen LogP contribution is 2.22. The molecule has 25 heavy (non-hydrogen) atoms. The van der Waals surface area contributed by atoms with Crippen LogP contribution in [0.15, 0.2) is 42.7 Å². The van der Waals surface area contributed by atoms with Crippen LogP contribution in [0.25, 0.3) is 0 Å². The quantitative estimate of drug-likeness (QED) is 0.776. The van der Waals surface area contributed by atoms with E-state index in [1.807, 2.05) is 35.1 Å². The number of carbonyl (C=O) groups excluding carboxylic acids is 1. The Morgan fingerprint density at radius 2 is 2.24 bits per heavy atom. The molecule has 5 nitrogen and oxygen atoms in total. The van der Waals surface area contributed by atoms with E-state index in [0.29, 0.717) is 12.5 Å². The van der Waals surface area contributed by atoms with Crippen molar-refractivity contribution in [3.8, 4) is 5.75 Å². The predicted octanol–water partition coefficient (Wildman–Crippen LogP) is 3.30. The van der Waals surface area contributed by atoms with Crippen molar-refractivity contribution in [3.05, 3.63) is 48.3 Å². The van der Waals surface area contributed by atoms with Crippen LogP contribution in [0, 0.1) is 0 Å². The second kappa shape index (κ2) is 8.70. The number of amides is 1. The Labute approximate surface area is 149 Å². The number of hydrogen-bond acceptors (Lipinski definition) is 3. The highest BCUT2D eigenvalue weighted by atomic mass is 16.5. The number of nitrogens with zero attached hydrogens (tertiary/aromatic N) is 3. The van der Waals surface area contributed by atoms with Gasteiger partial charge in [0.15, 0.2) is 0 Å². The molecule has 1 atom stereocenters. The zero-order valence-corrected chi connectivity index (χ0v) is 14.9. The van der Waals surface area contributed by atoms with E-state index in [2.05, 4.69) is 16.1 Å². The van der Waals surface area contributed by atoms with Crippen molar-refractivity contribution in [1.29, 1.82) is 0 Å². The summed E-state index contributed by atoms with van der Waals surface area (Å²) in [7, 11) is 1.67.